The van der Waals surface area contributed by atoms with Crippen molar-refractivity contribution < 1.29 is 9.53 Å². The summed E-state index contributed by atoms with van der Waals surface area (Å²) in [5.41, 5.74) is 2.65. The van der Waals surface area contributed by atoms with Crippen LogP contribution >= 0.6 is 0 Å². The number of fused-ring (bicyclic) bond motifs is 2. The summed E-state index contributed by atoms with van der Waals surface area (Å²) in [5, 5.41) is 12.5. The fourth-order valence-corrected chi connectivity index (χ4v) is 4.18. The Morgan fingerprint density at radius 2 is 2.12 bits per heavy atom. The van der Waals surface area contributed by atoms with Crippen molar-refractivity contribution in [3.05, 3.63) is 48.3 Å². The van der Waals surface area contributed by atoms with Crippen LogP contribution in [0.5, 0.6) is 0 Å². The highest BCUT2D eigenvalue weighted by Crippen LogP contribution is 2.21. The molecule has 1 fully saturated rings. The fourth-order valence-electron chi connectivity index (χ4n) is 4.18. The van der Waals surface area contributed by atoms with Crippen LogP contribution in [0.3, 0.4) is 0 Å². The standard InChI is InChI=1S/C24H28N8O2/c1-24(2,3)34-23(33)27-18-7-5-11-31(15-18)20-13-26-21-22(28-20)32(30-29-21)14-16-8-9-19-17(12-16)6-4-10-25-19/h4,6,8-10,12-13,18H,5,7,11,14-15H2,1-3H3,(H,27,33). The first kappa shape index (κ1) is 22.0. The van der Waals surface area contributed by atoms with Crippen LogP contribution in [-0.2, 0) is 11.3 Å². The molecule has 34 heavy (non-hydrogen) atoms. The third-order valence-electron chi connectivity index (χ3n) is 5.68. The largest absolute Gasteiger partial charge is 0.444 e. The summed E-state index contributed by atoms with van der Waals surface area (Å²) in [6, 6.07) is 10.1. The highest BCUT2D eigenvalue weighted by molar-refractivity contribution is 5.79. The summed E-state index contributed by atoms with van der Waals surface area (Å²) in [4.78, 5) is 28.0. The smallest absolute Gasteiger partial charge is 0.407 e. The Balaban J connectivity index is 1.33. The van der Waals surface area contributed by atoms with Crippen LogP contribution in [0, 0.1) is 0 Å². The van der Waals surface area contributed by atoms with Crippen LogP contribution in [0.25, 0.3) is 22.2 Å². The number of carbonyl (C=O) groups excluding carboxylic acids is 1. The van der Waals surface area contributed by atoms with Gasteiger partial charge < -0.3 is 15.0 Å². The van der Waals surface area contributed by atoms with Crippen LogP contribution < -0.4 is 10.2 Å². The van der Waals surface area contributed by atoms with Gasteiger partial charge in [-0.1, -0.05) is 17.3 Å². The Hall–Kier alpha value is -3.82. The number of pyridine rings is 1. The first-order chi connectivity index (χ1) is 16.3. The van der Waals surface area contributed by atoms with Crippen molar-refractivity contribution in [2.24, 2.45) is 0 Å². The second-order valence-corrected chi connectivity index (χ2v) is 9.58. The van der Waals surface area contributed by atoms with Crippen LogP contribution in [0.15, 0.2) is 42.7 Å². The molecule has 1 aromatic carbocycles. The Kier molecular flexibility index (Phi) is 5.72. The summed E-state index contributed by atoms with van der Waals surface area (Å²) >= 11 is 0. The number of nitrogens with zero attached hydrogens (tertiary/aromatic N) is 7. The maximum atomic E-state index is 12.2. The van der Waals surface area contributed by atoms with Gasteiger partial charge in [0.25, 0.3) is 0 Å². The number of anilines is 1. The number of nitrogens with one attached hydrogen (secondary N) is 1. The van der Waals surface area contributed by atoms with Crippen LogP contribution in [0.1, 0.15) is 39.2 Å². The molecule has 1 saturated heterocycles. The molecule has 176 valence electrons. The van der Waals surface area contributed by atoms with Crippen LogP contribution in [0.4, 0.5) is 10.6 Å². The molecule has 3 aromatic heterocycles. The molecule has 1 N–H and O–H groups in total. The minimum Gasteiger partial charge on any atom is -0.444 e. The number of rotatable bonds is 4. The van der Waals surface area contributed by atoms with Gasteiger partial charge in [0.05, 0.1) is 18.3 Å². The third-order valence-corrected chi connectivity index (χ3v) is 5.68. The van der Waals surface area contributed by atoms with E-state index in [0.717, 1.165) is 41.7 Å². The van der Waals surface area contributed by atoms with Crippen molar-refractivity contribution in [1.82, 2.24) is 35.3 Å². The van der Waals surface area contributed by atoms with E-state index < -0.39 is 11.7 Å². The highest BCUT2D eigenvalue weighted by atomic mass is 16.6. The quantitative estimate of drug-likeness (QED) is 0.494. The molecule has 0 bridgehead atoms. The monoisotopic (exact) mass is 460 g/mol. The second-order valence-electron chi connectivity index (χ2n) is 9.58. The first-order valence-corrected chi connectivity index (χ1v) is 11.5. The molecule has 0 spiro atoms. The molecular weight excluding hydrogens is 432 g/mol. The zero-order chi connectivity index (χ0) is 23.7. The molecule has 4 heterocycles. The number of benzene rings is 1. The average molecular weight is 461 g/mol. The molecule has 5 rings (SSSR count). The van der Waals surface area contributed by atoms with E-state index in [0.29, 0.717) is 24.4 Å². The predicted octanol–water partition coefficient (Wildman–Crippen LogP) is 3.31. The predicted molar refractivity (Wildman–Crippen MR) is 129 cm³/mol. The minimum absolute atomic E-state index is 0.0182. The Labute approximate surface area is 197 Å². The lowest BCUT2D eigenvalue weighted by molar-refractivity contribution is 0.0500. The van der Waals surface area contributed by atoms with Crippen LogP contribution in [0.2, 0.25) is 0 Å². The molecule has 0 radical (unpaired) electrons. The molecule has 10 nitrogen and oxygen atoms in total. The average Bonchev–Trinajstić information content (AvgIpc) is 3.20. The van der Waals surface area contributed by atoms with Crippen molar-refractivity contribution in [1.29, 1.82) is 0 Å². The number of amides is 1. The zero-order valence-electron chi connectivity index (χ0n) is 19.6. The molecule has 1 aliphatic rings. The van der Waals surface area contributed by atoms with Gasteiger partial charge in [-0.2, -0.15) is 0 Å². The third kappa shape index (κ3) is 4.90. The van der Waals surface area contributed by atoms with Crippen molar-refractivity contribution in [3.8, 4) is 0 Å². The van der Waals surface area contributed by atoms with Crippen molar-refractivity contribution in [3.63, 3.8) is 0 Å². The van der Waals surface area contributed by atoms with Gasteiger partial charge in [0, 0.05) is 30.7 Å². The lowest BCUT2D eigenvalue weighted by Crippen LogP contribution is -2.49. The zero-order valence-corrected chi connectivity index (χ0v) is 19.6. The molecule has 1 amide bonds. The Morgan fingerprint density at radius 1 is 1.24 bits per heavy atom. The SMILES string of the molecule is CC(C)(C)OC(=O)NC1CCCN(c2cnc3nnn(Cc4ccc5ncccc5c4)c3n2)C1. The summed E-state index contributed by atoms with van der Waals surface area (Å²) in [5.74, 6) is 0.745. The highest BCUT2D eigenvalue weighted by Gasteiger charge is 2.25. The van der Waals surface area contributed by atoms with Gasteiger partial charge in [0.1, 0.15) is 11.4 Å². The fraction of sp³-hybridized carbons (Fsp3) is 0.417. The maximum absolute atomic E-state index is 12.2. The molecule has 1 unspecified atom stereocenters. The molecule has 10 heteroatoms. The molecule has 1 aliphatic heterocycles. The number of piperidine rings is 1. The lowest BCUT2D eigenvalue weighted by atomic mass is 10.1. The van der Waals surface area contributed by atoms with Gasteiger partial charge in [-0.25, -0.2) is 19.4 Å². The molecule has 0 saturated carbocycles. The molecular formula is C24H28N8O2. The minimum atomic E-state index is -0.526. The van der Waals surface area contributed by atoms with Crippen LogP contribution in [-0.4, -0.2) is 60.8 Å². The van der Waals surface area contributed by atoms with E-state index >= 15 is 0 Å². The summed E-state index contributed by atoms with van der Waals surface area (Å²) in [6.45, 7) is 7.58. The van der Waals surface area contributed by atoms with Crippen molar-refractivity contribution >= 4 is 34.1 Å². The number of hydrogen-bond donors (Lipinski definition) is 1. The van der Waals surface area contributed by atoms with E-state index in [2.05, 4.69) is 36.6 Å². The number of aromatic nitrogens is 6. The molecule has 0 aliphatic carbocycles. The topological polar surface area (TPSA) is 111 Å². The Morgan fingerprint density at radius 3 is 2.97 bits per heavy atom. The van der Waals surface area contributed by atoms with Gasteiger partial charge in [-0.3, -0.25) is 4.98 Å². The van der Waals surface area contributed by atoms with Gasteiger partial charge in [-0.05, 0) is 57.4 Å². The van der Waals surface area contributed by atoms with Gasteiger partial charge in [-0.15, -0.1) is 5.10 Å². The van der Waals surface area contributed by atoms with E-state index in [4.69, 9.17) is 9.72 Å². The van der Waals surface area contributed by atoms with Gasteiger partial charge in [0.15, 0.2) is 5.65 Å². The number of hydrogen-bond acceptors (Lipinski definition) is 8. The number of alkyl carbamates (subject to hydrolysis) is 1. The van der Waals surface area contributed by atoms with E-state index in [9.17, 15) is 4.79 Å². The summed E-state index contributed by atoms with van der Waals surface area (Å²) in [6.07, 6.45) is 4.94. The lowest BCUT2D eigenvalue weighted by Gasteiger charge is -2.34. The summed E-state index contributed by atoms with van der Waals surface area (Å²) < 4.78 is 7.18. The van der Waals surface area contributed by atoms with Crippen molar-refractivity contribution in [2.75, 3.05) is 18.0 Å². The van der Waals surface area contributed by atoms with E-state index in [1.807, 2.05) is 45.0 Å². The molecule has 4 aromatic rings. The van der Waals surface area contributed by atoms with Gasteiger partial charge in [0.2, 0.25) is 5.65 Å². The number of ether oxygens (including phenoxy) is 1. The van der Waals surface area contributed by atoms with E-state index in [1.54, 1.807) is 17.1 Å². The Bertz CT molecular complexity index is 1330. The summed E-state index contributed by atoms with van der Waals surface area (Å²) in [7, 11) is 0. The van der Waals surface area contributed by atoms with Gasteiger partial charge >= 0.3 is 6.09 Å². The maximum Gasteiger partial charge on any atom is 0.407 e. The van der Waals surface area contributed by atoms with Crippen molar-refractivity contribution in [2.45, 2.75) is 51.8 Å². The normalized spacial score (nSPS) is 16.7. The number of carbonyl (C=O) groups is 1. The first-order valence-electron chi connectivity index (χ1n) is 11.5. The van der Waals surface area contributed by atoms with E-state index in [1.165, 1.54) is 0 Å². The second kappa shape index (κ2) is 8.85. The van der Waals surface area contributed by atoms with E-state index in [-0.39, 0.29) is 6.04 Å². The molecule has 1 atom stereocenters.